The van der Waals surface area contributed by atoms with Gasteiger partial charge in [-0.2, -0.15) is 0 Å². The summed E-state index contributed by atoms with van der Waals surface area (Å²) in [5.74, 6) is -1.23. The number of hydrogen-bond acceptors (Lipinski definition) is 4. The van der Waals surface area contributed by atoms with Crippen LogP contribution >= 0.6 is 0 Å². The van der Waals surface area contributed by atoms with E-state index in [-0.39, 0.29) is 18.5 Å². The molecule has 0 spiro atoms. The molecule has 0 aromatic heterocycles. The van der Waals surface area contributed by atoms with E-state index in [0.29, 0.717) is 0 Å². The number of carbonyl (C=O) groups excluding carboxylic acids is 1. The Morgan fingerprint density at radius 3 is 2.87 bits per heavy atom. The van der Waals surface area contributed by atoms with Crippen LogP contribution in [0.4, 0.5) is 0 Å². The normalized spacial score (nSPS) is 22.3. The molecule has 0 bridgehead atoms. The Bertz CT molecular complexity index is 238. The quantitative estimate of drug-likeness (QED) is 0.546. The van der Waals surface area contributed by atoms with Crippen molar-refractivity contribution in [1.29, 1.82) is 0 Å². The molecule has 1 heterocycles. The molecule has 1 unspecified atom stereocenters. The molecule has 1 fully saturated rings. The van der Waals surface area contributed by atoms with Crippen LogP contribution in [0.25, 0.3) is 0 Å². The van der Waals surface area contributed by atoms with Crippen LogP contribution in [0.3, 0.4) is 0 Å². The van der Waals surface area contributed by atoms with Gasteiger partial charge in [0.25, 0.3) is 0 Å². The van der Waals surface area contributed by atoms with Crippen molar-refractivity contribution in [2.45, 2.75) is 25.0 Å². The maximum absolute atomic E-state index is 11.5. The van der Waals surface area contributed by atoms with Gasteiger partial charge in [0.05, 0.1) is 12.6 Å². The molecule has 15 heavy (non-hydrogen) atoms. The lowest BCUT2D eigenvalue weighted by Crippen LogP contribution is -2.45. The second kappa shape index (κ2) is 5.67. The number of aliphatic carboxylic acids is 1. The number of carboxylic acids is 1. The van der Waals surface area contributed by atoms with Crippen molar-refractivity contribution in [3.8, 4) is 0 Å². The molecule has 0 aromatic carbocycles. The summed E-state index contributed by atoms with van der Waals surface area (Å²) in [5.41, 5.74) is 0. The molecule has 0 radical (unpaired) electrons. The number of ether oxygens (including phenoxy) is 1. The minimum Gasteiger partial charge on any atom is -0.479 e. The lowest BCUT2D eigenvalue weighted by Gasteiger charge is -2.14. The van der Waals surface area contributed by atoms with Crippen LogP contribution in [-0.2, 0) is 14.3 Å². The molecule has 1 aliphatic rings. The Morgan fingerprint density at radius 2 is 2.40 bits per heavy atom. The highest BCUT2D eigenvalue weighted by Gasteiger charge is 2.24. The molecule has 1 amide bonds. The number of carboxylic acid groups (broad SMARTS) is 1. The standard InChI is InChI=1S/C9H16N2O4/c1-15-7(9(13)14)5-11-8(12)6-3-2-4-10-6/h6-7,10H,2-5H2,1H3,(H,11,12)(H,13,14)/t6-,7?/m0/s1. The molecule has 0 saturated carbocycles. The fraction of sp³-hybridized carbons (Fsp3) is 0.778. The van der Waals surface area contributed by atoms with Crippen LogP contribution in [-0.4, -0.2) is 49.3 Å². The largest absolute Gasteiger partial charge is 0.479 e. The fourth-order valence-electron chi connectivity index (χ4n) is 1.50. The van der Waals surface area contributed by atoms with Crippen LogP contribution in [0.1, 0.15) is 12.8 Å². The maximum atomic E-state index is 11.5. The van der Waals surface area contributed by atoms with Gasteiger partial charge in [0.1, 0.15) is 0 Å². The van der Waals surface area contributed by atoms with Gasteiger partial charge < -0.3 is 20.5 Å². The van der Waals surface area contributed by atoms with Gasteiger partial charge in [0.2, 0.25) is 5.91 Å². The van der Waals surface area contributed by atoms with Gasteiger partial charge in [0.15, 0.2) is 6.10 Å². The Balaban J connectivity index is 2.28. The second-order valence-corrected chi connectivity index (χ2v) is 3.46. The summed E-state index contributed by atoms with van der Waals surface area (Å²) in [4.78, 5) is 22.0. The Hall–Kier alpha value is -1.14. The maximum Gasteiger partial charge on any atom is 0.334 e. The third kappa shape index (κ3) is 3.49. The van der Waals surface area contributed by atoms with E-state index in [0.717, 1.165) is 19.4 Å². The molecule has 1 saturated heterocycles. The lowest BCUT2D eigenvalue weighted by molar-refractivity contribution is -0.148. The van der Waals surface area contributed by atoms with Crippen molar-refractivity contribution in [2.24, 2.45) is 0 Å². The first-order valence-electron chi connectivity index (χ1n) is 4.92. The predicted octanol–water partition coefficient (Wildman–Crippen LogP) is -1.05. The fourth-order valence-corrected chi connectivity index (χ4v) is 1.50. The van der Waals surface area contributed by atoms with Crippen molar-refractivity contribution in [3.63, 3.8) is 0 Å². The summed E-state index contributed by atoms with van der Waals surface area (Å²) in [6.45, 7) is 0.841. The van der Waals surface area contributed by atoms with Crippen LogP contribution in [0, 0.1) is 0 Å². The average molecular weight is 216 g/mol. The first kappa shape index (κ1) is 11.9. The van der Waals surface area contributed by atoms with E-state index in [1.54, 1.807) is 0 Å². The molecule has 2 atom stereocenters. The first-order valence-corrected chi connectivity index (χ1v) is 4.92. The second-order valence-electron chi connectivity index (χ2n) is 3.46. The highest BCUT2D eigenvalue weighted by atomic mass is 16.5. The summed E-state index contributed by atoms with van der Waals surface area (Å²) in [6, 6.07) is -0.184. The predicted molar refractivity (Wildman–Crippen MR) is 52.5 cm³/mol. The molecule has 1 rings (SSSR count). The zero-order valence-corrected chi connectivity index (χ0v) is 8.66. The average Bonchev–Trinajstić information content (AvgIpc) is 2.70. The molecule has 6 heteroatoms. The van der Waals surface area contributed by atoms with Gasteiger partial charge >= 0.3 is 5.97 Å². The topological polar surface area (TPSA) is 87.7 Å². The minimum atomic E-state index is -1.07. The monoisotopic (exact) mass is 216 g/mol. The third-order valence-corrected chi connectivity index (χ3v) is 2.40. The zero-order valence-electron chi connectivity index (χ0n) is 8.66. The van der Waals surface area contributed by atoms with Gasteiger partial charge in [-0.05, 0) is 19.4 Å². The number of hydrogen-bond donors (Lipinski definition) is 3. The van der Waals surface area contributed by atoms with Crippen molar-refractivity contribution < 1.29 is 19.4 Å². The first-order chi connectivity index (χ1) is 7.15. The lowest BCUT2D eigenvalue weighted by atomic mass is 10.2. The number of rotatable bonds is 5. The number of carbonyl (C=O) groups is 2. The summed E-state index contributed by atoms with van der Waals surface area (Å²) >= 11 is 0. The van der Waals surface area contributed by atoms with Crippen LogP contribution in [0.5, 0.6) is 0 Å². The number of methoxy groups -OCH3 is 1. The van der Waals surface area contributed by atoms with E-state index in [4.69, 9.17) is 9.84 Å². The van der Waals surface area contributed by atoms with Gasteiger partial charge in [-0.15, -0.1) is 0 Å². The van der Waals surface area contributed by atoms with Gasteiger partial charge in [-0.3, -0.25) is 4.79 Å². The number of amides is 1. The minimum absolute atomic E-state index is 0.00282. The van der Waals surface area contributed by atoms with Crippen LogP contribution in [0.15, 0.2) is 0 Å². The van der Waals surface area contributed by atoms with Crippen molar-refractivity contribution >= 4 is 11.9 Å². The molecular formula is C9H16N2O4. The van der Waals surface area contributed by atoms with Crippen molar-refractivity contribution in [3.05, 3.63) is 0 Å². The zero-order chi connectivity index (χ0) is 11.3. The van der Waals surface area contributed by atoms with Crippen LogP contribution in [0.2, 0.25) is 0 Å². The molecule has 0 aliphatic carbocycles. The number of nitrogens with one attached hydrogen (secondary N) is 2. The summed E-state index contributed by atoms with van der Waals surface area (Å²) in [7, 11) is 1.30. The van der Waals surface area contributed by atoms with Gasteiger partial charge in [-0.1, -0.05) is 0 Å². The Morgan fingerprint density at radius 1 is 1.67 bits per heavy atom. The van der Waals surface area contributed by atoms with E-state index in [2.05, 4.69) is 10.6 Å². The van der Waals surface area contributed by atoms with Crippen molar-refractivity contribution in [1.82, 2.24) is 10.6 Å². The molecule has 3 N–H and O–H groups in total. The molecule has 1 aliphatic heterocycles. The summed E-state index contributed by atoms with van der Waals surface area (Å²) < 4.78 is 4.69. The van der Waals surface area contributed by atoms with E-state index in [1.807, 2.05) is 0 Å². The van der Waals surface area contributed by atoms with Gasteiger partial charge in [0, 0.05) is 7.11 Å². The highest BCUT2D eigenvalue weighted by Crippen LogP contribution is 2.04. The SMILES string of the molecule is COC(CNC(=O)[C@@H]1CCCN1)C(=O)O. The van der Waals surface area contributed by atoms with E-state index in [1.165, 1.54) is 7.11 Å². The molecule has 86 valence electrons. The van der Waals surface area contributed by atoms with Crippen LogP contribution < -0.4 is 10.6 Å². The molecule has 0 aromatic rings. The van der Waals surface area contributed by atoms with E-state index >= 15 is 0 Å². The Kier molecular flexibility index (Phi) is 4.51. The molecular weight excluding hydrogens is 200 g/mol. The smallest absolute Gasteiger partial charge is 0.334 e. The van der Waals surface area contributed by atoms with E-state index in [9.17, 15) is 9.59 Å². The van der Waals surface area contributed by atoms with Gasteiger partial charge in [-0.25, -0.2) is 4.79 Å². The highest BCUT2D eigenvalue weighted by molar-refractivity contribution is 5.83. The Labute approximate surface area is 88.0 Å². The molecule has 6 nitrogen and oxygen atoms in total. The van der Waals surface area contributed by atoms with E-state index < -0.39 is 12.1 Å². The third-order valence-electron chi connectivity index (χ3n) is 2.40. The summed E-state index contributed by atoms with van der Waals surface area (Å²) in [5, 5.41) is 14.2. The van der Waals surface area contributed by atoms with Crippen molar-refractivity contribution in [2.75, 3.05) is 20.2 Å². The summed E-state index contributed by atoms with van der Waals surface area (Å²) in [6.07, 6.45) is 0.803.